The van der Waals surface area contributed by atoms with Crippen LogP contribution in [-0.4, -0.2) is 39.1 Å². The smallest absolute Gasteiger partial charge is 0.321 e. The molecule has 1 heterocycles. The maximum atomic E-state index is 12.3. The number of rotatable bonds is 5. The van der Waals surface area contributed by atoms with Gasteiger partial charge in [-0.05, 0) is 42.0 Å². The molecule has 0 spiro atoms. The van der Waals surface area contributed by atoms with Crippen LogP contribution in [0.25, 0.3) is 0 Å². The van der Waals surface area contributed by atoms with Crippen LogP contribution in [0.15, 0.2) is 48.5 Å². The van der Waals surface area contributed by atoms with E-state index >= 15 is 0 Å². The lowest BCUT2D eigenvalue weighted by Crippen LogP contribution is -2.27. The van der Waals surface area contributed by atoms with E-state index in [0.29, 0.717) is 25.2 Å². The Labute approximate surface area is 147 Å². The highest BCUT2D eigenvalue weighted by molar-refractivity contribution is 5.97. The summed E-state index contributed by atoms with van der Waals surface area (Å²) < 4.78 is 0. The SMILES string of the molecule is CN(C)c1ccc(CNC(=O)c2ccc(N3CCNC3=O)cc2)cc1. The van der Waals surface area contributed by atoms with Gasteiger partial charge in [0.25, 0.3) is 5.91 Å². The monoisotopic (exact) mass is 338 g/mol. The number of urea groups is 1. The second-order valence-corrected chi connectivity index (χ2v) is 6.17. The van der Waals surface area contributed by atoms with Gasteiger partial charge in [0.1, 0.15) is 0 Å². The molecule has 0 radical (unpaired) electrons. The van der Waals surface area contributed by atoms with Crippen molar-refractivity contribution in [2.45, 2.75) is 6.54 Å². The minimum atomic E-state index is -0.130. The highest BCUT2D eigenvalue weighted by atomic mass is 16.2. The fraction of sp³-hybridized carbons (Fsp3) is 0.263. The molecule has 0 unspecified atom stereocenters. The molecule has 2 aromatic rings. The maximum Gasteiger partial charge on any atom is 0.321 e. The highest BCUT2D eigenvalue weighted by Gasteiger charge is 2.21. The molecule has 0 bridgehead atoms. The van der Waals surface area contributed by atoms with Crippen molar-refractivity contribution >= 4 is 23.3 Å². The lowest BCUT2D eigenvalue weighted by Gasteiger charge is -2.14. The van der Waals surface area contributed by atoms with Crippen LogP contribution in [0.1, 0.15) is 15.9 Å². The van der Waals surface area contributed by atoms with Crippen molar-refractivity contribution in [2.75, 3.05) is 37.0 Å². The predicted octanol–water partition coefficient (Wildman–Crippen LogP) is 2.21. The quantitative estimate of drug-likeness (QED) is 0.878. The summed E-state index contributed by atoms with van der Waals surface area (Å²) in [4.78, 5) is 27.6. The second-order valence-electron chi connectivity index (χ2n) is 6.17. The molecule has 0 aliphatic carbocycles. The third kappa shape index (κ3) is 3.91. The standard InChI is InChI=1S/C19H22N4O2/c1-22(2)16-7-3-14(4-8-16)13-21-18(24)15-5-9-17(10-6-15)23-12-11-20-19(23)25/h3-10H,11-13H2,1-2H3,(H,20,25)(H,21,24). The molecule has 6 nitrogen and oxygen atoms in total. The van der Waals surface area contributed by atoms with Crippen molar-refractivity contribution in [3.05, 3.63) is 59.7 Å². The van der Waals surface area contributed by atoms with Crippen molar-refractivity contribution in [3.8, 4) is 0 Å². The van der Waals surface area contributed by atoms with Crippen molar-refractivity contribution in [3.63, 3.8) is 0 Å². The molecular weight excluding hydrogens is 316 g/mol. The Kier molecular flexibility index (Phi) is 4.88. The summed E-state index contributed by atoms with van der Waals surface area (Å²) in [5.74, 6) is -0.130. The topological polar surface area (TPSA) is 64.7 Å². The highest BCUT2D eigenvalue weighted by Crippen LogP contribution is 2.17. The zero-order valence-corrected chi connectivity index (χ0v) is 14.5. The lowest BCUT2D eigenvalue weighted by atomic mass is 10.1. The molecule has 1 saturated heterocycles. The van der Waals surface area contributed by atoms with Gasteiger partial charge < -0.3 is 15.5 Å². The summed E-state index contributed by atoms with van der Waals surface area (Å²) in [6, 6.07) is 15.0. The molecule has 2 N–H and O–H groups in total. The van der Waals surface area contributed by atoms with E-state index in [1.54, 1.807) is 29.2 Å². The third-order valence-electron chi connectivity index (χ3n) is 4.20. The summed E-state index contributed by atoms with van der Waals surface area (Å²) in [7, 11) is 3.98. The molecule has 2 aromatic carbocycles. The number of hydrogen-bond donors (Lipinski definition) is 2. The van der Waals surface area contributed by atoms with Gasteiger partial charge in [0.2, 0.25) is 0 Å². The van der Waals surface area contributed by atoms with Crippen LogP contribution in [-0.2, 0) is 6.54 Å². The number of benzene rings is 2. The summed E-state index contributed by atoms with van der Waals surface area (Å²) >= 11 is 0. The molecule has 1 aliphatic rings. The fourth-order valence-corrected chi connectivity index (χ4v) is 2.71. The molecule has 0 aromatic heterocycles. The normalized spacial score (nSPS) is 13.5. The van der Waals surface area contributed by atoms with Crippen molar-refractivity contribution in [1.29, 1.82) is 0 Å². The van der Waals surface area contributed by atoms with Gasteiger partial charge in [-0.3, -0.25) is 9.69 Å². The molecule has 3 amide bonds. The van der Waals surface area contributed by atoms with Crippen LogP contribution >= 0.6 is 0 Å². The van der Waals surface area contributed by atoms with E-state index < -0.39 is 0 Å². The Morgan fingerprint density at radius 1 is 1.12 bits per heavy atom. The van der Waals surface area contributed by atoms with E-state index in [9.17, 15) is 9.59 Å². The number of hydrogen-bond acceptors (Lipinski definition) is 3. The molecule has 0 atom stereocenters. The van der Waals surface area contributed by atoms with E-state index in [1.807, 2.05) is 43.3 Å². The minimum absolute atomic E-state index is 0.0987. The first-order valence-corrected chi connectivity index (χ1v) is 8.24. The number of anilines is 2. The average molecular weight is 338 g/mol. The molecule has 130 valence electrons. The zero-order chi connectivity index (χ0) is 17.8. The molecule has 1 aliphatic heterocycles. The van der Waals surface area contributed by atoms with Crippen LogP contribution in [0.4, 0.5) is 16.2 Å². The molecule has 1 fully saturated rings. The molecular formula is C19H22N4O2. The second kappa shape index (κ2) is 7.25. The molecule has 6 heteroatoms. The first-order valence-electron chi connectivity index (χ1n) is 8.24. The number of nitrogens with one attached hydrogen (secondary N) is 2. The summed E-state index contributed by atoms with van der Waals surface area (Å²) in [6.07, 6.45) is 0. The van der Waals surface area contributed by atoms with Gasteiger partial charge in [0.15, 0.2) is 0 Å². The first kappa shape index (κ1) is 16.8. The largest absolute Gasteiger partial charge is 0.378 e. The summed E-state index contributed by atoms with van der Waals surface area (Å²) in [6.45, 7) is 1.77. The van der Waals surface area contributed by atoms with Crippen LogP contribution in [0.5, 0.6) is 0 Å². The average Bonchev–Trinajstić information content (AvgIpc) is 3.06. The summed E-state index contributed by atoms with van der Waals surface area (Å²) in [5.41, 5.74) is 3.54. The zero-order valence-electron chi connectivity index (χ0n) is 14.5. The number of carbonyl (C=O) groups excluding carboxylic acids is 2. The van der Waals surface area contributed by atoms with Gasteiger partial charge in [-0.1, -0.05) is 12.1 Å². The first-order chi connectivity index (χ1) is 12.0. The van der Waals surface area contributed by atoms with Crippen LogP contribution in [0.2, 0.25) is 0 Å². The Bertz CT molecular complexity index is 754. The van der Waals surface area contributed by atoms with Crippen LogP contribution < -0.4 is 20.4 Å². The minimum Gasteiger partial charge on any atom is -0.378 e. The van der Waals surface area contributed by atoms with Gasteiger partial charge in [-0.25, -0.2) is 4.79 Å². The van der Waals surface area contributed by atoms with Crippen molar-refractivity contribution < 1.29 is 9.59 Å². The van der Waals surface area contributed by atoms with Gasteiger partial charge in [0.05, 0.1) is 0 Å². The fourth-order valence-electron chi connectivity index (χ4n) is 2.71. The lowest BCUT2D eigenvalue weighted by molar-refractivity contribution is 0.0951. The van der Waals surface area contributed by atoms with E-state index in [2.05, 4.69) is 10.6 Å². The number of nitrogens with zero attached hydrogens (tertiary/aromatic N) is 2. The van der Waals surface area contributed by atoms with Gasteiger partial charge in [-0.15, -0.1) is 0 Å². The van der Waals surface area contributed by atoms with E-state index in [0.717, 1.165) is 16.9 Å². The van der Waals surface area contributed by atoms with Gasteiger partial charge in [0, 0.05) is 50.7 Å². The van der Waals surface area contributed by atoms with Crippen molar-refractivity contribution in [1.82, 2.24) is 10.6 Å². The number of carbonyl (C=O) groups is 2. The van der Waals surface area contributed by atoms with E-state index in [1.165, 1.54) is 0 Å². The molecule has 25 heavy (non-hydrogen) atoms. The predicted molar refractivity (Wildman–Crippen MR) is 99.1 cm³/mol. The third-order valence-corrected chi connectivity index (χ3v) is 4.20. The Morgan fingerprint density at radius 3 is 2.36 bits per heavy atom. The van der Waals surface area contributed by atoms with E-state index in [4.69, 9.17) is 0 Å². The van der Waals surface area contributed by atoms with Gasteiger partial charge in [-0.2, -0.15) is 0 Å². The Hall–Kier alpha value is -3.02. The van der Waals surface area contributed by atoms with E-state index in [-0.39, 0.29) is 11.9 Å². The Morgan fingerprint density at radius 2 is 1.80 bits per heavy atom. The van der Waals surface area contributed by atoms with Crippen LogP contribution in [0.3, 0.4) is 0 Å². The maximum absolute atomic E-state index is 12.3. The summed E-state index contributed by atoms with van der Waals surface area (Å²) in [5, 5.41) is 5.68. The Balaban J connectivity index is 1.58. The van der Waals surface area contributed by atoms with Crippen LogP contribution in [0, 0.1) is 0 Å². The van der Waals surface area contributed by atoms with Gasteiger partial charge >= 0.3 is 6.03 Å². The molecule has 3 rings (SSSR count). The molecule has 0 saturated carbocycles. The van der Waals surface area contributed by atoms with Crippen molar-refractivity contribution in [2.24, 2.45) is 0 Å². The number of amides is 3.